The van der Waals surface area contributed by atoms with E-state index in [-0.39, 0.29) is 0 Å². The molecule has 2 aromatic rings. The highest BCUT2D eigenvalue weighted by Gasteiger charge is 2.29. The Morgan fingerprint density at radius 1 is 1.24 bits per heavy atom. The highest BCUT2D eigenvalue weighted by atomic mass is 35.5. The van der Waals surface area contributed by atoms with Crippen molar-refractivity contribution in [3.8, 4) is 11.5 Å². The zero-order chi connectivity index (χ0) is 15.0. The number of aliphatic hydroxyl groups is 1. The third-order valence-electron chi connectivity index (χ3n) is 3.59. The molecule has 3 rings (SSSR count). The largest absolute Gasteiger partial charge is 0.497 e. The molecule has 110 valence electrons. The first-order chi connectivity index (χ1) is 10.1. The van der Waals surface area contributed by atoms with Gasteiger partial charge in [0.05, 0.1) is 18.2 Å². The molecule has 0 amide bonds. The summed E-state index contributed by atoms with van der Waals surface area (Å²) in [6.07, 6.45) is -0.741. The van der Waals surface area contributed by atoms with Crippen LogP contribution in [0.5, 0.6) is 11.5 Å². The van der Waals surface area contributed by atoms with Gasteiger partial charge in [-0.25, -0.2) is 4.39 Å². The maximum Gasteiger partial charge on any atom is 0.128 e. The van der Waals surface area contributed by atoms with Crippen molar-refractivity contribution in [3.63, 3.8) is 0 Å². The predicted molar refractivity (Wildman–Crippen MR) is 77.3 cm³/mol. The predicted octanol–water partition coefficient (Wildman–Crippen LogP) is 4.04. The molecule has 5 heteroatoms. The minimum atomic E-state index is -0.685. The first-order valence-corrected chi connectivity index (χ1v) is 6.94. The van der Waals surface area contributed by atoms with Gasteiger partial charge in [-0.2, -0.15) is 0 Å². The molecule has 0 saturated carbocycles. The van der Waals surface area contributed by atoms with Crippen LogP contribution in [-0.2, 0) is 0 Å². The van der Waals surface area contributed by atoms with Gasteiger partial charge in [-0.3, -0.25) is 0 Å². The van der Waals surface area contributed by atoms with Gasteiger partial charge >= 0.3 is 0 Å². The van der Waals surface area contributed by atoms with Gasteiger partial charge in [0.15, 0.2) is 0 Å². The van der Waals surface area contributed by atoms with Crippen molar-refractivity contribution < 1.29 is 19.0 Å². The van der Waals surface area contributed by atoms with E-state index in [1.807, 2.05) is 0 Å². The van der Waals surface area contributed by atoms with Gasteiger partial charge in [0.25, 0.3) is 0 Å². The molecule has 0 bridgehead atoms. The summed E-state index contributed by atoms with van der Waals surface area (Å²) in [5, 5.41) is 10.6. The van der Waals surface area contributed by atoms with Crippen LogP contribution in [0, 0.1) is 5.82 Å². The van der Waals surface area contributed by atoms with Crippen molar-refractivity contribution >= 4 is 11.6 Å². The number of rotatable bonds is 2. The Morgan fingerprint density at radius 2 is 2.05 bits per heavy atom. The summed E-state index contributed by atoms with van der Waals surface area (Å²) in [7, 11) is 1.57. The molecule has 0 spiro atoms. The van der Waals surface area contributed by atoms with Crippen LogP contribution < -0.4 is 9.47 Å². The van der Waals surface area contributed by atoms with Gasteiger partial charge in [0, 0.05) is 17.5 Å². The van der Waals surface area contributed by atoms with Crippen LogP contribution in [0.15, 0.2) is 36.4 Å². The van der Waals surface area contributed by atoms with Crippen molar-refractivity contribution in [2.45, 2.75) is 18.6 Å². The quantitative estimate of drug-likeness (QED) is 0.910. The van der Waals surface area contributed by atoms with Crippen LogP contribution in [0.4, 0.5) is 4.39 Å². The molecule has 0 fully saturated rings. The lowest BCUT2D eigenvalue weighted by atomic mass is 9.95. The Hall–Kier alpha value is -1.78. The van der Waals surface area contributed by atoms with Gasteiger partial charge in [0.1, 0.15) is 23.4 Å². The van der Waals surface area contributed by atoms with Crippen LogP contribution in [0.2, 0.25) is 5.02 Å². The van der Waals surface area contributed by atoms with Crippen molar-refractivity contribution in [3.05, 3.63) is 58.4 Å². The van der Waals surface area contributed by atoms with Gasteiger partial charge in [-0.05, 0) is 30.3 Å². The standard InChI is InChI=1S/C16H14ClFO3/c1-20-10-3-5-15-12(7-10)14(19)8-16(21-15)11-4-2-9(18)6-13(11)17/h2-7,14,16,19H,8H2,1H3/t14-,16?/m1/s1. The third-order valence-corrected chi connectivity index (χ3v) is 3.92. The molecule has 0 saturated heterocycles. The number of benzene rings is 2. The van der Waals surface area contributed by atoms with Crippen LogP contribution in [-0.4, -0.2) is 12.2 Å². The summed E-state index contributed by atoms with van der Waals surface area (Å²) in [6.45, 7) is 0. The lowest BCUT2D eigenvalue weighted by Gasteiger charge is -2.30. The maximum atomic E-state index is 13.1. The topological polar surface area (TPSA) is 38.7 Å². The number of methoxy groups -OCH3 is 1. The number of ether oxygens (including phenoxy) is 2. The molecule has 1 aliphatic rings. The summed E-state index contributed by atoms with van der Waals surface area (Å²) in [5.41, 5.74) is 1.35. The zero-order valence-electron chi connectivity index (χ0n) is 11.3. The van der Waals surface area contributed by atoms with E-state index in [4.69, 9.17) is 21.1 Å². The average Bonchev–Trinajstić information content (AvgIpc) is 2.47. The SMILES string of the molecule is COc1ccc2c(c1)[C@H](O)CC(c1ccc(F)cc1Cl)O2. The first kappa shape index (κ1) is 14.2. The monoisotopic (exact) mass is 308 g/mol. The number of hydrogen-bond acceptors (Lipinski definition) is 3. The van der Waals surface area contributed by atoms with E-state index in [0.29, 0.717) is 34.1 Å². The van der Waals surface area contributed by atoms with Crippen molar-refractivity contribution in [2.75, 3.05) is 7.11 Å². The second-order valence-electron chi connectivity index (χ2n) is 4.93. The smallest absolute Gasteiger partial charge is 0.128 e. The summed E-state index contributed by atoms with van der Waals surface area (Å²) in [6, 6.07) is 9.43. The van der Waals surface area contributed by atoms with E-state index in [2.05, 4.69) is 0 Å². The Morgan fingerprint density at radius 3 is 2.76 bits per heavy atom. The highest BCUT2D eigenvalue weighted by molar-refractivity contribution is 6.31. The van der Waals surface area contributed by atoms with Gasteiger partial charge in [-0.15, -0.1) is 0 Å². The third kappa shape index (κ3) is 2.69. The molecule has 1 aliphatic heterocycles. The second kappa shape index (κ2) is 5.54. The molecule has 0 aliphatic carbocycles. The molecule has 21 heavy (non-hydrogen) atoms. The fourth-order valence-electron chi connectivity index (χ4n) is 2.51. The minimum Gasteiger partial charge on any atom is -0.497 e. The number of hydrogen-bond donors (Lipinski definition) is 1. The van der Waals surface area contributed by atoms with Crippen molar-refractivity contribution in [1.29, 1.82) is 0 Å². The summed E-state index contributed by atoms with van der Waals surface area (Å²) >= 11 is 6.06. The van der Waals surface area contributed by atoms with E-state index in [1.165, 1.54) is 12.1 Å². The number of fused-ring (bicyclic) bond motifs is 1. The molecule has 2 atom stereocenters. The lowest BCUT2D eigenvalue weighted by Crippen LogP contribution is -2.19. The van der Waals surface area contributed by atoms with E-state index in [1.54, 1.807) is 31.4 Å². The Kier molecular flexibility index (Phi) is 3.74. The van der Waals surface area contributed by atoms with Gasteiger partial charge in [-0.1, -0.05) is 17.7 Å². The van der Waals surface area contributed by atoms with E-state index in [0.717, 1.165) is 0 Å². The van der Waals surface area contributed by atoms with Crippen LogP contribution in [0.1, 0.15) is 29.8 Å². The summed E-state index contributed by atoms with van der Waals surface area (Å²) in [4.78, 5) is 0. The molecule has 1 unspecified atom stereocenters. The van der Waals surface area contributed by atoms with E-state index in [9.17, 15) is 9.50 Å². The molecule has 2 aromatic carbocycles. The molecule has 0 radical (unpaired) electrons. The van der Waals surface area contributed by atoms with E-state index >= 15 is 0 Å². The minimum absolute atomic E-state index is 0.296. The molecule has 3 nitrogen and oxygen atoms in total. The molecular weight excluding hydrogens is 295 g/mol. The highest BCUT2D eigenvalue weighted by Crippen LogP contribution is 2.43. The Balaban J connectivity index is 1.94. The fraction of sp³-hybridized carbons (Fsp3) is 0.250. The fourth-order valence-corrected chi connectivity index (χ4v) is 2.79. The normalized spacial score (nSPS) is 20.6. The van der Waals surface area contributed by atoms with E-state index < -0.39 is 18.0 Å². The Labute approximate surface area is 126 Å². The van der Waals surface area contributed by atoms with Crippen molar-refractivity contribution in [2.24, 2.45) is 0 Å². The Bertz CT molecular complexity index is 675. The van der Waals surface area contributed by atoms with Gasteiger partial charge in [0.2, 0.25) is 0 Å². The average molecular weight is 309 g/mol. The van der Waals surface area contributed by atoms with Crippen LogP contribution in [0.25, 0.3) is 0 Å². The first-order valence-electron chi connectivity index (χ1n) is 6.56. The maximum absolute atomic E-state index is 13.1. The van der Waals surface area contributed by atoms with Crippen LogP contribution >= 0.6 is 11.6 Å². The molecule has 1 heterocycles. The van der Waals surface area contributed by atoms with Crippen molar-refractivity contribution in [1.82, 2.24) is 0 Å². The second-order valence-corrected chi connectivity index (χ2v) is 5.33. The molecule has 1 N–H and O–H groups in total. The lowest BCUT2D eigenvalue weighted by molar-refractivity contribution is 0.0655. The number of halogens is 2. The molecule has 0 aromatic heterocycles. The van der Waals surface area contributed by atoms with Gasteiger partial charge < -0.3 is 14.6 Å². The zero-order valence-corrected chi connectivity index (χ0v) is 12.1. The number of aliphatic hydroxyl groups excluding tert-OH is 1. The molecular formula is C16H14ClFO3. The van der Waals surface area contributed by atoms with Crippen LogP contribution in [0.3, 0.4) is 0 Å². The summed E-state index contributed by atoms with van der Waals surface area (Å²) in [5.74, 6) is 0.847. The summed E-state index contributed by atoms with van der Waals surface area (Å²) < 4.78 is 24.2.